The molecule has 6 nitrogen and oxygen atoms in total. The number of benzene rings is 1. The molecule has 100 valence electrons. The zero-order valence-corrected chi connectivity index (χ0v) is 10.5. The average Bonchev–Trinajstić information content (AvgIpc) is 2.62. The molecule has 1 aromatic rings. The molecule has 6 heteroatoms. The standard InChI is InChI=1S/C13H13NO5/c1-7-5-11(15)14(12(7)16)9-6-8(13(17)18)3-4-10(9)19-2/h3-4,6-7H,5H2,1-2H3,(H,17,18). The summed E-state index contributed by atoms with van der Waals surface area (Å²) in [5, 5.41) is 8.97. The number of anilines is 1. The summed E-state index contributed by atoms with van der Waals surface area (Å²) < 4.78 is 5.09. The van der Waals surface area contributed by atoms with Crippen molar-refractivity contribution in [3.63, 3.8) is 0 Å². The first kappa shape index (κ1) is 13.1. The van der Waals surface area contributed by atoms with Gasteiger partial charge in [-0.2, -0.15) is 0 Å². The summed E-state index contributed by atoms with van der Waals surface area (Å²) in [5.41, 5.74) is 0.178. The number of rotatable bonds is 3. The Kier molecular flexibility index (Phi) is 3.25. The second-order valence-corrected chi connectivity index (χ2v) is 4.36. The fourth-order valence-corrected chi connectivity index (χ4v) is 2.03. The van der Waals surface area contributed by atoms with E-state index >= 15 is 0 Å². The van der Waals surface area contributed by atoms with Crippen molar-refractivity contribution in [2.45, 2.75) is 13.3 Å². The number of aromatic carboxylic acids is 1. The third kappa shape index (κ3) is 2.16. The van der Waals surface area contributed by atoms with Gasteiger partial charge in [0.25, 0.3) is 0 Å². The van der Waals surface area contributed by atoms with Crippen molar-refractivity contribution in [2.75, 3.05) is 12.0 Å². The van der Waals surface area contributed by atoms with E-state index in [-0.39, 0.29) is 29.5 Å². The van der Waals surface area contributed by atoms with Crippen LogP contribution in [-0.4, -0.2) is 30.0 Å². The lowest BCUT2D eigenvalue weighted by Gasteiger charge is -2.18. The predicted molar refractivity (Wildman–Crippen MR) is 66.2 cm³/mol. The molecule has 2 amide bonds. The molecule has 1 atom stereocenters. The van der Waals surface area contributed by atoms with Crippen LogP contribution in [0.4, 0.5) is 5.69 Å². The van der Waals surface area contributed by atoms with Gasteiger partial charge in [0.2, 0.25) is 11.8 Å². The highest BCUT2D eigenvalue weighted by molar-refractivity contribution is 6.21. The number of carbonyl (C=O) groups excluding carboxylic acids is 2. The topological polar surface area (TPSA) is 83.9 Å². The quantitative estimate of drug-likeness (QED) is 0.831. The molecule has 0 bridgehead atoms. The van der Waals surface area contributed by atoms with E-state index in [1.165, 1.54) is 25.3 Å². The van der Waals surface area contributed by atoms with Gasteiger partial charge in [-0.3, -0.25) is 9.59 Å². The number of hydrogen-bond donors (Lipinski definition) is 1. The Labute approximate surface area is 109 Å². The second-order valence-electron chi connectivity index (χ2n) is 4.36. The van der Waals surface area contributed by atoms with Gasteiger partial charge in [-0.25, -0.2) is 9.69 Å². The van der Waals surface area contributed by atoms with Crippen LogP contribution in [0.15, 0.2) is 18.2 Å². The SMILES string of the molecule is COc1ccc(C(=O)O)cc1N1C(=O)CC(C)C1=O. The fraction of sp³-hybridized carbons (Fsp3) is 0.308. The van der Waals surface area contributed by atoms with E-state index in [0.717, 1.165) is 4.90 Å². The molecule has 1 fully saturated rings. The highest BCUT2D eigenvalue weighted by Gasteiger charge is 2.38. The molecule has 2 rings (SSSR count). The van der Waals surface area contributed by atoms with Gasteiger partial charge in [0.05, 0.1) is 18.4 Å². The van der Waals surface area contributed by atoms with E-state index < -0.39 is 11.9 Å². The van der Waals surface area contributed by atoms with Gasteiger partial charge in [0.1, 0.15) is 5.75 Å². The van der Waals surface area contributed by atoms with Crippen molar-refractivity contribution in [3.05, 3.63) is 23.8 Å². The third-order valence-corrected chi connectivity index (χ3v) is 3.04. The molecule has 0 radical (unpaired) electrons. The molecular weight excluding hydrogens is 250 g/mol. The highest BCUT2D eigenvalue weighted by Crippen LogP contribution is 2.34. The summed E-state index contributed by atoms with van der Waals surface area (Å²) in [4.78, 5) is 35.8. The van der Waals surface area contributed by atoms with Gasteiger partial charge in [-0.1, -0.05) is 6.92 Å². The van der Waals surface area contributed by atoms with Crippen LogP contribution >= 0.6 is 0 Å². The van der Waals surface area contributed by atoms with Crippen molar-refractivity contribution in [2.24, 2.45) is 5.92 Å². The van der Waals surface area contributed by atoms with Gasteiger partial charge in [-0.15, -0.1) is 0 Å². The molecular formula is C13H13NO5. The van der Waals surface area contributed by atoms with Crippen molar-refractivity contribution in [1.82, 2.24) is 0 Å². The number of carboxylic acids is 1. The summed E-state index contributed by atoms with van der Waals surface area (Å²) in [7, 11) is 1.40. The number of methoxy groups -OCH3 is 1. The van der Waals surface area contributed by atoms with Crippen molar-refractivity contribution in [1.29, 1.82) is 0 Å². The Hall–Kier alpha value is -2.37. The minimum atomic E-state index is -1.13. The fourth-order valence-electron chi connectivity index (χ4n) is 2.03. The van der Waals surface area contributed by atoms with Crippen LogP contribution in [0.5, 0.6) is 5.75 Å². The molecule has 1 heterocycles. The van der Waals surface area contributed by atoms with Crippen molar-refractivity contribution < 1.29 is 24.2 Å². The number of carboxylic acid groups (broad SMARTS) is 1. The normalized spacial score (nSPS) is 18.8. The molecule has 0 spiro atoms. The Bertz CT molecular complexity index is 566. The van der Waals surface area contributed by atoms with Crippen LogP contribution in [0.1, 0.15) is 23.7 Å². The molecule has 1 aromatic carbocycles. The highest BCUT2D eigenvalue weighted by atomic mass is 16.5. The van der Waals surface area contributed by atoms with Crippen LogP contribution in [0, 0.1) is 5.92 Å². The minimum absolute atomic E-state index is 0.00375. The molecule has 1 saturated heterocycles. The number of amides is 2. The average molecular weight is 263 g/mol. The molecule has 1 unspecified atom stereocenters. The van der Waals surface area contributed by atoms with Crippen molar-refractivity contribution in [3.8, 4) is 5.75 Å². The zero-order chi connectivity index (χ0) is 14.2. The Balaban J connectivity index is 2.53. The van der Waals surface area contributed by atoms with E-state index in [1.54, 1.807) is 6.92 Å². The predicted octanol–water partition coefficient (Wildman–Crippen LogP) is 1.29. The van der Waals surface area contributed by atoms with Crippen LogP contribution in [0.3, 0.4) is 0 Å². The largest absolute Gasteiger partial charge is 0.495 e. The number of imide groups is 1. The Morgan fingerprint density at radius 2 is 2.11 bits per heavy atom. The van der Waals surface area contributed by atoms with E-state index in [0.29, 0.717) is 5.75 Å². The molecule has 0 aromatic heterocycles. The molecule has 1 N–H and O–H groups in total. The first-order valence-corrected chi connectivity index (χ1v) is 5.74. The lowest BCUT2D eigenvalue weighted by Crippen LogP contribution is -2.30. The molecule has 1 aliphatic rings. The molecule has 1 aliphatic heterocycles. The van der Waals surface area contributed by atoms with Crippen LogP contribution in [-0.2, 0) is 9.59 Å². The van der Waals surface area contributed by atoms with Gasteiger partial charge in [0, 0.05) is 12.3 Å². The summed E-state index contributed by atoms with van der Waals surface area (Å²) in [6.45, 7) is 1.66. The van der Waals surface area contributed by atoms with Gasteiger partial charge >= 0.3 is 5.97 Å². The first-order valence-electron chi connectivity index (χ1n) is 5.74. The summed E-state index contributed by atoms with van der Waals surface area (Å²) in [5.74, 6) is -1.92. The lowest BCUT2D eigenvalue weighted by atomic mass is 10.1. The van der Waals surface area contributed by atoms with Crippen LogP contribution in [0.25, 0.3) is 0 Å². The van der Waals surface area contributed by atoms with Gasteiger partial charge < -0.3 is 9.84 Å². The van der Waals surface area contributed by atoms with Crippen molar-refractivity contribution >= 4 is 23.5 Å². The van der Waals surface area contributed by atoms with Gasteiger partial charge in [0.15, 0.2) is 0 Å². The minimum Gasteiger partial charge on any atom is -0.495 e. The molecule has 0 saturated carbocycles. The third-order valence-electron chi connectivity index (χ3n) is 3.04. The smallest absolute Gasteiger partial charge is 0.335 e. The van der Waals surface area contributed by atoms with Crippen LogP contribution in [0.2, 0.25) is 0 Å². The Morgan fingerprint density at radius 3 is 2.58 bits per heavy atom. The summed E-state index contributed by atoms with van der Waals surface area (Å²) in [6.07, 6.45) is 0.124. The second kappa shape index (κ2) is 4.72. The maximum atomic E-state index is 12.0. The first-order chi connectivity index (χ1) is 8.95. The number of nitrogens with zero attached hydrogens (tertiary/aromatic N) is 1. The summed E-state index contributed by atoms with van der Waals surface area (Å²) in [6, 6.07) is 4.07. The maximum Gasteiger partial charge on any atom is 0.335 e. The van der Waals surface area contributed by atoms with Crippen LogP contribution < -0.4 is 9.64 Å². The van der Waals surface area contributed by atoms with E-state index in [1.807, 2.05) is 0 Å². The summed E-state index contributed by atoms with van der Waals surface area (Å²) >= 11 is 0. The molecule has 0 aliphatic carbocycles. The van der Waals surface area contributed by atoms with E-state index in [4.69, 9.17) is 9.84 Å². The zero-order valence-electron chi connectivity index (χ0n) is 10.5. The van der Waals surface area contributed by atoms with Gasteiger partial charge in [-0.05, 0) is 18.2 Å². The maximum absolute atomic E-state index is 12.0. The Morgan fingerprint density at radius 1 is 1.42 bits per heavy atom. The number of carbonyl (C=O) groups is 3. The number of hydrogen-bond acceptors (Lipinski definition) is 4. The number of ether oxygens (including phenoxy) is 1. The van der Waals surface area contributed by atoms with E-state index in [2.05, 4.69) is 0 Å². The monoisotopic (exact) mass is 263 g/mol. The lowest BCUT2D eigenvalue weighted by molar-refractivity contribution is -0.122. The van der Waals surface area contributed by atoms with E-state index in [9.17, 15) is 14.4 Å². The molecule has 19 heavy (non-hydrogen) atoms.